The van der Waals surface area contributed by atoms with Gasteiger partial charge in [0.15, 0.2) is 5.76 Å². The minimum Gasteiger partial charge on any atom is -0.480 e. The monoisotopic (exact) mass is 281 g/mol. The van der Waals surface area contributed by atoms with E-state index in [0.29, 0.717) is 17.4 Å². The summed E-state index contributed by atoms with van der Waals surface area (Å²) >= 11 is 1.23. The summed E-state index contributed by atoms with van der Waals surface area (Å²) in [4.78, 5) is 14.7. The number of carbonyl (C=O) groups is 1. The first kappa shape index (κ1) is 13.6. The minimum atomic E-state index is -0.865. The Morgan fingerprint density at radius 2 is 2.16 bits per heavy atom. The van der Waals surface area contributed by atoms with Crippen molar-refractivity contribution in [1.29, 1.82) is 0 Å². The van der Waals surface area contributed by atoms with Crippen molar-refractivity contribution in [2.75, 3.05) is 0 Å². The van der Waals surface area contributed by atoms with Crippen LogP contribution in [0.5, 0.6) is 0 Å². The molecule has 0 aliphatic carbocycles. The Bertz CT molecular complexity index is 568. The van der Waals surface area contributed by atoms with Crippen molar-refractivity contribution >= 4 is 17.7 Å². The Hall–Kier alpha value is -1.82. The molecule has 1 heterocycles. The van der Waals surface area contributed by atoms with Gasteiger partial charge in [-0.25, -0.2) is 9.37 Å². The number of halogens is 1. The van der Waals surface area contributed by atoms with Gasteiger partial charge in [-0.3, -0.25) is 4.79 Å². The fourth-order valence-corrected chi connectivity index (χ4v) is 2.06. The molecule has 19 heavy (non-hydrogen) atoms. The molecule has 0 fully saturated rings. The first-order valence-corrected chi connectivity index (χ1v) is 6.66. The lowest BCUT2D eigenvalue weighted by Crippen LogP contribution is -2.11. The number of hydrogen-bond donors (Lipinski definition) is 1. The van der Waals surface area contributed by atoms with Crippen molar-refractivity contribution in [1.82, 2.24) is 4.98 Å². The zero-order chi connectivity index (χ0) is 13.8. The van der Waals surface area contributed by atoms with E-state index in [1.807, 2.05) is 0 Å². The number of oxazole rings is 1. The van der Waals surface area contributed by atoms with E-state index in [1.54, 1.807) is 25.3 Å². The molecule has 4 nitrogen and oxygen atoms in total. The summed E-state index contributed by atoms with van der Waals surface area (Å²) in [7, 11) is 0. The van der Waals surface area contributed by atoms with Gasteiger partial charge >= 0.3 is 5.97 Å². The molecule has 1 unspecified atom stereocenters. The van der Waals surface area contributed by atoms with Crippen LogP contribution in [-0.4, -0.2) is 21.3 Å². The molecular weight excluding hydrogens is 269 g/mol. The molecule has 2 aromatic rings. The maximum atomic E-state index is 12.8. The predicted octanol–water partition coefficient (Wildman–Crippen LogP) is 3.19. The van der Waals surface area contributed by atoms with Crippen LogP contribution in [0, 0.1) is 5.82 Å². The molecule has 0 radical (unpaired) electrons. The summed E-state index contributed by atoms with van der Waals surface area (Å²) < 4.78 is 18.3. The highest BCUT2D eigenvalue weighted by atomic mass is 32.2. The molecular formula is C13H12FNO3S. The second-order valence-electron chi connectivity index (χ2n) is 3.92. The maximum absolute atomic E-state index is 12.8. The van der Waals surface area contributed by atoms with E-state index in [9.17, 15) is 9.18 Å². The molecule has 0 bridgehead atoms. The lowest BCUT2D eigenvalue weighted by molar-refractivity contribution is -0.136. The molecule has 0 aliphatic rings. The molecule has 6 heteroatoms. The highest BCUT2D eigenvalue weighted by Crippen LogP contribution is 2.23. The first-order chi connectivity index (χ1) is 9.06. The number of thioether (sulfide) groups is 1. The maximum Gasteiger partial charge on any atom is 0.316 e. The van der Waals surface area contributed by atoms with Crippen LogP contribution in [0.1, 0.15) is 12.8 Å². The van der Waals surface area contributed by atoms with Gasteiger partial charge in [-0.05, 0) is 31.2 Å². The number of nitrogens with zero attached hydrogens (tertiary/aromatic N) is 1. The third-order valence-electron chi connectivity index (χ3n) is 2.49. The summed E-state index contributed by atoms with van der Waals surface area (Å²) in [6.07, 6.45) is 1.55. The average molecular weight is 281 g/mol. The molecule has 0 amide bonds. The number of hydrogen-bond acceptors (Lipinski definition) is 4. The fraction of sp³-hybridized carbons (Fsp3) is 0.231. The van der Waals surface area contributed by atoms with E-state index >= 15 is 0 Å². The van der Waals surface area contributed by atoms with Crippen LogP contribution in [0.4, 0.5) is 4.39 Å². The van der Waals surface area contributed by atoms with Crippen molar-refractivity contribution in [2.45, 2.75) is 17.9 Å². The van der Waals surface area contributed by atoms with Crippen LogP contribution in [-0.2, 0) is 10.5 Å². The standard InChI is InChI=1S/C13H12FNO3S/c1-8(13(16)17)19-7-12-15-6-11(18-12)9-2-4-10(14)5-3-9/h2-6,8H,7H2,1H3,(H,16,17). The normalized spacial score (nSPS) is 12.3. The molecule has 1 atom stereocenters. The molecule has 1 N–H and O–H groups in total. The third kappa shape index (κ3) is 3.57. The van der Waals surface area contributed by atoms with Gasteiger partial charge in [-0.15, -0.1) is 11.8 Å². The largest absolute Gasteiger partial charge is 0.480 e. The lowest BCUT2D eigenvalue weighted by atomic mass is 10.2. The van der Waals surface area contributed by atoms with E-state index in [0.717, 1.165) is 5.56 Å². The predicted molar refractivity (Wildman–Crippen MR) is 70.3 cm³/mol. The second-order valence-corrected chi connectivity index (χ2v) is 5.25. The summed E-state index contributed by atoms with van der Waals surface area (Å²) in [6, 6.07) is 5.90. The molecule has 2 rings (SSSR count). The zero-order valence-electron chi connectivity index (χ0n) is 10.2. The Morgan fingerprint density at radius 1 is 1.47 bits per heavy atom. The third-order valence-corrected chi connectivity index (χ3v) is 3.60. The second kappa shape index (κ2) is 5.88. The van der Waals surface area contributed by atoms with Gasteiger partial charge in [0.25, 0.3) is 0 Å². The lowest BCUT2D eigenvalue weighted by Gasteiger charge is -2.02. The molecule has 0 saturated heterocycles. The van der Waals surface area contributed by atoms with Gasteiger partial charge in [-0.1, -0.05) is 0 Å². The Kier molecular flexibility index (Phi) is 4.21. The van der Waals surface area contributed by atoms with Gasteiger partial charge in [0.2, 0.25) is 5.89 Å². The van der Waals surface area contributed by atoms with Crippen LogP contribution >= 0.6 is 11.8 Å². The van der Waals surface area contributed by atoms with Crippen LogP contribution in [0.3, 0.4) is 0 Å². The Labute approximate surface area is 113 Å². The molecule has 0 aliphatic heterocycles. The molecule has 1 aromatic carbocycles. The summed E-state index contributed by atoms with van der Waals surface area (Å²) in [5.41, 5.74) is 0.733. The van der Waals surface area contributed by atoms with E-state index in [1.165, 1.54) is 23.9 Å². The topological polar surface area (TPSA) is 63.3 Å². The van der Waals surface area contributed by atoms with Gasteiger partial charge in [0.05, 0.1) is 17.2 Å². The van der Waals surface area contributed by atoms with Crippen LogP contribution in [0.15, 0.2) is 34.9 Å². The van der Waals surface area contributed by atoms with Crippen LogP contribution in [0.2, 0.25) is 0 Å². The smallest absolute Gasteiger partial charge is 0.316 e. The average Bonchev–Trinajstić information content (AvgIpc) is 2.85. The number of rotatable bonds is 5. The van der Waals surface area contributed by atoms with Crippen LogP contribution < -0.4 is 0 Å². The fourth-order valence-electron chi connectivity index (χ4n) is 1.39. The highest BCUT2D eigenvalue weighted by molar-refractivity contribution is 7.99. The Morgan fingerprint density at radius 3 is 2.79 bits per heavy atom. The number of carboxylic acids is 1. The van der Waals surface area contributed by atoms with E-state index in [-0.39, 0.29) is 5.82 Å². The number of aromatic nitrogens is 1. The van der Waals surface area contributed by atoms with Gasteiger partial charge in [0, 0.05) is 5.56 Å². The van der Waals surface area contributed by atoms with Gasteiger partial charge < -0.3 is 9.52 Å². The highest BCUT2D eigenvalue weighted by Gasteiger charge is 2.13. The quantitative estimate of drug-likeness (QED) is 0.911. The minimum absolute atomic E-state index is 0.311. The van der Waals surface area contributed by atoms with Crippen molar-refractivity contribution in [3.05, 3.63) is 42.2 Å². The summed E-state index contributed by atoms with van der Waals surface area (Å²) in [5, 5.41) is 8.25. The molecule has 100 valence electrons. The van der Waals surface area contributed by atoms with Crippen molar-refractivity contribution in [3.63, 3.8) is 0 Å². The zero-order valence-corrected chi connectivity index (χ0v) is 11.0. The first-order valence-electron chi connectivity index (χ1n) is 5.61. The van der Waals surface area contributed by atoms with E-state index < -0.39 is 11.2 Å². The van der Waals surface area contributed by atoms with Gasteiger partial charge in [0.1, 0.15) is 5.82 Å². The summed E-state index contributed by atoms with van der Waals surface area (Å²) in [6.45, 7) is 1.61. The summed E-state index contributed by atoms with van der Waals surface area (Å²) in [5.74, 6) is 0.204. The van der Waals surface area contributed by atoms with Gasteiger partial charge in [-0.2, -0.15) is 0 Å². The van der Waals surface area contributed by atoms with Crippen molar-refractivity contribution < 1.29 is 18.7 Å². The number of benzene rings is 1. The molecule has 1 aromatic heterocycles. The molecule has 0 spiro atoms. The van der Waals surface area contributed by atoms with E-state index in [2.05, 4.69) is 4.98 Å². The number of aliphatic carboxylic acids is 1. The van der Waals surface area contributed by atoms with E-state index in [4.69, 9.17) is 9.52 Å². The molecule has 0 saturated carbocycles. The Balaban J connectivity index is 2.03. The van der Waals surface area contributed by atoms with Crippen molar-refractivity contribution in [3.8, 4) is 11.3 Å². The van der Waals surface area contributed by atoms with Crippen molar-refractivity contribution in [2.24, 2.45) is 0 Å². The van der Waals surface area contributed by atoms with Crippen LogP contribution in [0.25, 0.3) is 11.3 Å². The number of carboxylic acid groups (broad SMARTS) is 1. The SMILES string of the molecule is CC(SCc1ncc(-c2ccc(F)cc2)o1)C(=O)O.